The quantitative estimate of drug-likeness (QED) is 0.477. The average molecular weight is 284 g/mol. The van der Waals surface area contributed by atoms with Crippen molar-refractivity contribution in [3.63, 3.8) is 0 Å². The van der Waals surface area contributed by atoms with Crippen molar-refractivity contribution < 1.29 is 18.3 Å². The minimum absolute atomic E-state index is 0.253. The summed E-state index contributed by atoms with van der Waals surface area (Å²) in [7, 11) is 0. The minimum atomic E-state index is -0.798. The van der Waals surface area contributed by atoms with E-state index in [1.165, 1.54) is 25.7 Å². The summed E-state index contributed by atoms with van der Waals surface area (Å²) in [6.07, 6.45) is 7.78. The largest absolute Gasteiger partial charge is 0.462 e. The molecule has 20 heavy (non-hydrogen) atoms. The highest BCUT2D eigenvalue weighted by molar-refractivity contribution is 5.89. The van der Waals surface area contributed by atoms with Gasteiger partial charge in [-0.1, -0.05) is 45.4 Å². The maximum atomic E-state index is 13.3. The molecule has 0 heterocycles. The summed E-state index contributed by atoms with van der Waals surface area (Å²) in [5, 5.41) is 0. The SMILES string of the molecule is CCCCCCCCCOC(=O)c1cc(F)ccc1F. The normalized spacial score (nSPS) is 10.6. The van der Waals surface area contributed by atoms with E-state index in [2.05, 4.69) is 6.92 Å². The van der Waals surface area contributed by atoms with Crippen molar-refractivity contribution >= 4 is 5.97 Å². The standard InChI is InChI=1S/C16H22F2O2/c1-2-3-4-5-6-7-8-11-20-16(19)14-12-13(17)9-10-15(14)18/h9-10,12H,2-8,11H2,1H3. The third kappa shape index (κ3) is 6.13. The zero-order valence-electron chi connectivity index (χ0n) is 12.0. The Labute approximate surface area is 119 Å². The van der Waals surface area contributed by atoms with Gasteiger partial charge in [-0.05, 0) is 24.6 Å². The number of esters is 1. The predicted octanol–water partition coefficient (Wildman–Crippen LogP) is 4.87. The number of benzene rings is 1. The number of unbranched alkanes of at least 4 members (excludes halogenated alkanes) is 6. The molecule has 0 unspecified atom stereocenters. The van der Waals surface area contributed by atoms with Gasteiger partial charge in [0.2, 0.25) is 0 Å². The van der Waals surface area contributed by atoms with Crippen LogP contribution in [0, 0.1) is 11.6 Å². The Balaban J connectivity index is 2.18. The first-order valence-corrected chi connectivity index (χ1v) is 7.27. The van der Waals surface area contributed by atoms with Crippen LogP contribution in [0.25, 0.3) is 0 Å². The highest BCUT2D eigenvalue weighted by atomic mass is 19.1. The predicted molar refractivity (Wildman–Crippen MR) is 74.6 cm³/mol. The number of ether oxygens (including phenoxy) is 1. The molecule has 0 N–H and O–H groups in total. The summed E-state index contributed by atoms with van der Waals surface area (Å²) in [5.41, 5.74) is -0.340. The van der Waals surface area contributed by atoms with Crippen molar-refractivity contribution in [2.75, 3.05) is 6.61 Å². The first-order valence-electron chi connectivity index (χ1n) is 7.27. The van der Waals surface area contributed by atoms with E-state index >= 15 is 0 Å². The molecule has 2 nitrogen and oxygen atoms in total. The molecular formula is C16H22F2O2. The monoisotopic (exact) mass is 284 g/mol. The van der Waals surface area contributed by atoms with E-state index in [1.54, 1.807) is 0 Å². The van der Waals surface area contributed by atoms with Crippen LogP contribution in [0.5, 0.6) is 0 Å². The Morgan fingerprint density at radius 1 is 1.05 bits per heavy atom. The summed E-state index contributed by atoms with van der Waals surface area (Å²) in [4.78, 5) is 11.6. The van der Waals surface area contributed by atoms with Crippen LogP contribution in [0.15, 0.2) is 18.2 Å². The summed E-state index contributed by atoms with van der Waals surface area (Å²) in [6.45, 7) is 2.42. The van der Waals surface area contributed by atoms with Crippen LogP contribution in [-0.4, -0.2) is 12.6 Å². The molecule has 1 aromatic carbocycles. The summed E-state index contributed by atoms with van der Waals surface area (Å²) < 4.78 is 31.2. The van der Waals surface area contributed by atoms with Gasteiger partial charge in [0.15, 0.2) is 0 Å². The van der Waals surface area contributed by atoms with Gasteiger partial charge in [-0.3, -0.25) is 0 Å². The third-order valence-corrected chi connectivity index (χ3v) is 3.13. The minimum Gasteiger partial charge on any atom is -0.462 e. The Morgan fingerprint density at radius 2 is 1.70 bits per heavy atom. The summed E-state index contributed by atoms with van der Waals surface area (Å²) in [5.74, 6) is -2.20. The van der Waals surface area contributed by atoms with Crippen LogP contribution < -0.4 is 0 Å². The Bertz CT molecular complexity index is 419. The van der Waals surface area contributed by atoms with Gasteiger partial charge in [0.1, 0.15) is 11.6 Å². The number of hydrogen-bond donors (Lipinski definition) is 0. The lowest BCUT2D eigenvalue weighted by Crippen LogP contribution is -2.09. The van der Waals surface area contributed by atoms with Crippen molar-refractivity contribution in [3.05, 3.63) is 35.4 Å². The Hall–Kier alpha value is -1.45. The number of carbonyl (C=O) groups excluding carboxylic acids is 1. The highest BCUT2D eigenvalue weighted by Gasteiger charge is 2.13. The molecule has 0 fully saturated rings. The van der Waals surface area contributed by atoms with Crippen LogP contribution >= 0.6 is 0 Å². The summed E-state index contributed by atoms with van der Waals surface area (Å²) in [6, 6.07) is 2.77. The second kappa shape index (κ2) is 9.45. The van der Waals surface area contributed by atoms with Crippen molar-refractivity contribution in [2.45, 2.75) is 51.9 Å². The van der Waals surface area contributed by atoms with Crippen LogP contribution in [0.3, 0.4) is 0 Å². The highest BCUT2D eigenvalue weighted by Crippen LogP contribution is 2.12. The molecule has 0 aromatic heterocycles. The first-order chi connectivity index (χ1) is 9.65. The van der Waals surface area contributed by atoms with Crippen molar-refractivity contribution in [1.29, 1.82) is 0 Å². The van der Waals surface area contributed by atoms with E-state index in [4.69, 9.17) is 4.74 Å². The number of carbonyl (C=O) groups is 1. The second-order valence-electron chi connectivity index (χ2n) is 4.88. The molecule has 0 aliphatic rings. The second-order valence-corrected chi connectivity index (χ2v) is 4.88. The van der Waals surface area contributed by atoms with Gasteiger partial charge in [-0.15, -0.1) is 0 Å². The van der Waals surface area contributed by atoms with Gasteiger partial charge in [0.05, 0.1) is 12.2 Å². The first kappa shape index (κ1) is 16.6. The lowest BCUT2D eigenvalue weighted by atomic mass is 10.1. The molecule has 0 saturated heterocycles. The molecule has 1 rings (SSSR count). The van der Waals surface area contributed by atoms with Crippen LogP contribution in [0.2, 0.25) is 0 Å². The van der Waals surface area contributed by atoms with E-state index in [0.717, 1.165) is 37.5 Å². The van der Waals surface area contributed by atoms with Crippen LogP contribution in [0.4, 0.5) is 8.78 Å². The van der Waals surface area contributed by atoms with Gasteiger partial charge < -0.3 is 4.74 Å². The fourth-order valence-corrected chi connectivity index (χ4v) is 1.96. The molecule has 4 heteroatoms. The molecule has 0 aliphatic carbocycles. The number of halogens is 2. The Kier molecular flexibility index (Phi) is 7.85. The maximum Gasteiger partial charge on any atom is 0.341 e. The van der Waals surface area contributed by atoms with Crippen molar-refractivity contribution in [2.24, 2.45) is 0 Å². The molecule has 0 spiro atoms. The Morgan fingerprint density at radius 3 is 2.40 bits per heavy atom. The fraction of sp³-hybridized carbons (Fsp3) is 0.562. The molecule has 0 amide bonds. The molecule has 0 bridgehead atoms. The molecular weight excluding hydrogens is 262 g/mol. The van der Waals surface area contributed by atoms with Crippen LogP contribution in [-0.2, 0) is 4.74 Å². The smallest absolute Gasteiger partial charge is 0.341 e. The molecule has 112 valence electrons. The van der Waals surface area contributed by atoms with E-state index in [9.17, 15) is 13.6 Å². The third-order valence-electron chi connectivity index (χ3n) is 3.13. The van der Waals surface area contributed by atoms with Crippen molar-refractivity contribution in [1.82, 2.24) is 0 Å². The van der Waals surface area contributed by atoms with Gasteiger partial charge >= 0.3 is 5.97 Å². The fourth-order valence-electron chi connectivity index (χ4n) is 1.96. The molecule has 0 aliphatic heterocycles. The topological polar surface area (TPSA) is 26.3 Å². The maximum absolute atomic E-state index is 13.3. The van der Waals surface area contributed by atoms with Gasteiger partial charge in [-0.2, -0.15) is 0 Å². The van der Waals surface area contributed by atoms with Gasteiger partial charge in [0.25, 0.3) is 0 Å². The van der Waals surface area contributed by atoms with E-state index in [0.29, 0.717) is 0 Å². The van der Waals surface area contributed by atoms with E-state index in [-0.39, 0.29) is 12.2 Å². The summed E-state index contributed by atoms with van der Waals surface area (Å²) >= 11 is 0. The van der Waals surface area contributed by atoms with Gasteiger partial charge in [0, 0.05) is 0 Å². The molecule has 1 aromatic rings. The molecule has 0 saturated carbocycles. The number of hydrogen-bond acceptors (Lipinski definition) is 2. The number of rotatable bonds is 9. The zero-order valence-corrected chi connectivity index (χ0v) is 12.0. The van der Waals surface area contributed by atoms with Crippen LogP contribution in [0.1, 0.15) is 62.2 Å². The van der Waals surface area contributed by atoms with Gasteiger partial charge in [-0.25, -0.2) is 13.6 Å². The van der Waals surface area contributed by atoms with E-state index in [1.807, 2.05) is 0 Å². The average Bonchev–Trinajstić information content (AvgIpc) is 2.44. The molecule has 0 radical (unpaired) electrons. The lowest BCUT2D eigenvalue weighted by molar-refractivity contribution is 0.0491. The van der Waals surface area contributed by atoms with E-state index < -0.39 is 17.6 Å². The van der Waals surface area contributed by atoms with Crippen molar-refractivity contribution in [3.8, 4) is 0 Å². The molecule has 0 atom stereocenters. The lowest BCUT2D eigenvalue weighted by Gasteiger charge is -2.06. The zero-order chi connectivity index (χ0) is 14.8.